The van der Waals surface area contributed by atoms with Crippen molar-refractivity contribution < 1.29 is 14.3 Å². The van der Waals surface area contributed by atoms with Crippen LogP contribution in [0.4, 0.5) is 0 Å². The number of alkyl halides is 1. The van der Waals surface area contributed by atoms with Gasteiger partial charge < -0.3 is 10.1 Å². The van der Waals surface area contributed by atoms with E-state index in [0.29, 0.717) is 18.4 Å². The molecule has 2 atom stereocenters. The number of halogens is 1. The van der Waals surface area contributed by atoms with Gasteiger partial charge in [0.2, 0.25) is 5.91 Å². The highest BCUT2D eigenvalue weighted by atomic mass is 35.5. The van der Waals surface area contributed by atoms with Crippen molar-refractivity contribution in [2.75, 3.05) is 6.54 Å². The minimum Gasteiger partial charge on any atom is -0.463 e. The Morgan fingerprint density at radius 2 is 1.86 bits per heavy atom. The van der Waals surface area contributed by atoms with Crippen LogP contribution in [0.15, 0.2) is 0 Å². The largest absolute Gasteiger partial charge is 0.463 e. The van der Waals surface area contributed by atoms with Crippen LogP contribution in [0, 0.1) is 17.3 Å². The Labute approximate surface area is 137 Å². The van der Waals surface area contributed by atoms with Gasteiger partial charge in [0.1, 0.15) is 0 Å². The highest BCUT2D eigenvalue weighted by molar-refractivity contribution is 6.24. The van der Waals surface area contributed by atoms with Crippen molar-refractivity contribution in [2.45, 2.75) is 69.8 Å². The second-order valence-electron chi connectivity index (χ2n) is 7.94. The Morgan fingerprint density at radius 1 is 1.23 bits per heavy atom. The van der Waals surface area contributed by atoms with Gasteiger partial charge in [0, 0.05) is 11.4 Å². The van der Waals surface area contributed by atoms with Crippen LogP contribution in [-0.2, 0) is 14.3 Å². The van der Waals surface area contributed by atoms with E-state index in [1.54, 1.807) is 0 Å². The van der Waals surface area contributed by atoms with Gasteiger partial charge in [0.05, 0.1) is 17.9 Å². The summed E-state index contributed by atoms with van der Waals surface area (Å²) in [6.45, 7) is 4.01. The standard InChI is InChI=1S/C17H26ClNO3/c1-11(2)22-14(20)3-4-19-15(21)16-6-12-5-13(7-16)9-17(18,8-12)10-16/h11-13H,3-10H2,1-2H3,(H,19,21)/t12-,13-,16?,17?/m1/s1. The van der Waals surface area contributed by atoms with Crippen LogP contribution in [0.1, 0.15) is 58.8 Å². The van der Waals surface area contributed by atoms with Crippen LogP contribution in [0.2, 0.25) is 0 Å². The molecule has 5 heteroatoms. The molecule has 0 spiro atoms. The highest BCUT2D eigenvalue weighted by Crippen LogP contribution is 2.63. The Balaban J connectivity index is 1.55. The van der Waals surface area contributed by atoms with Crippen LogP contribution >= 0.6 is 11.6 Å². The maximum Gasteiger partial charge on any atom is 0.307 e. The van der Waals surface area contributed by atoms with E-state index in [0.717, 1.165) is 32.1 Å². The number of esters is 1. The van der Waals surface area contributed by atoms with Crippen molar-refractivity contribution in [1.29, 1.82) is 0 Å². The van der Waals surface area contributed by atoms with Gasteiger partial charge in [0.15, 0.2) is 0 Å². The monoisotopic (exact) mass is 327 g/mol. The summed E-state index contributed by atoms with van der Waals surface area (Å²) in [5.41, 5.74) is -0.284. The van der Waals surface area contributed by atoms with Crippen molar-refractivity contribution in [2.24, 2.45) is 17.3 Å². The SMILES string of the molecule is CC(C)OC(=O)CCNC(=O)C12C[C@H]3C[C@@H](CC(Cl)(C3)C1)C2. The number of carbonyl (C=O) groups is 2. The van der Waals surface area contributed by atoms with E-state index < -0.39 is 0 Å². The molecule has 0 radical (unpaired) electrons. The Morgan fingerprint density at radius 3 is 2.41 bits per heavy atom. The van der Waals surface area contributed by atoms with Gasteiger partial charge in [-0.25, -0.2) is 0 Å². The molecule has 1 N–H and O–H groups in total. The summed E-state index contributed by atoms with van der Waals surface area (Å²) in [5.74, 6) is 1.06. The topological polar surface area (TPSA) is 55.4 Å². The maximum absolute atomic E-state index is 12.7. The number of nitrogens with one attached hydrogen (secondary N) is 1. The fourth-order valence-electron chi connectivity index (χ4n) is 5.20. The zero-order chi connectivity index (χ0) is 16.0. The summed E-state index contributed by atoms with van der Waals surface area (Å²) in [6, 6.07) is 0. The van der Waals surface area contributed by atoms with E-state index in [1.807, 2.05) is 13.8 Å². The number of hydrogen-bond donors (Lipinski definition) is 1. The van der Waals surface area contributed by atoms with Gasteiger partial charge in [-0.1, -0.05) is 0 Å². The summed E-state index contributed by atoms with van der Waals surface area (Å²) in [7, 11) is 0. The first-order valence-corrected chi connectivity index (χ1v) is 8.85. The third kappa shape index (κ3) is 3.12. The van der Waals surface area contributed by atoms with Crippen molar-refractivity contribution in [3.8, 4) is 0 Å². The van der Waals surface area contributed by atoms with Crippen LogP contribution < -0.4 is 5.32 Å². The molecule has 0 aromatic heterocycles. The lowest BCUT2D eigenvalue weighted by atomic mass is 9.49. The van der Waals surface area contributed by atoms with Gasteiger partial charge in [0.25, 0.3) is 0 Å². The predicted molar refractivity (Wildman–Crippen MR) is 84.6 cm³/mol. The molecule has 1 amide bonds. The summed E-state index contributed by atoms with van der Waals surface area (Å²) in [4.78, 5) is 24.1. The molecule has 22 heavy (non-hydrogen) atoms. The van der Waals surface area contributed by atoms with Gasteiger partial charge in [-0.05, 0) is 64.2 Å². The van der Waals surface area contributed by atoms with Crippen molar-refractivity contribution in [1.82, 2.24) is 5.32 Å². The third-order valence-corrected chi connectivity index (χ3v) is 5.90. The van der Waals surface area contributed by atoms with Gasteiger partial charge in [-0.2, -0.15) is 0 Å². The smallest absolute Gasteiger partial charge is 0.307 e. The molecule has 124 valence electrons. The second-order valence-corrected chi connectivity index (χ2v) is 8.74. The number of hydrogen-bond acceptors (Lipinski definition) is 3. The van der Waals surface area contributed by atoms with Crippen molar-refractivity contribution >= 4 is 23.5 Å². The van der Waals surface area contributed by atoms with Crippen molar-refractivity contribution in [3.05, 3.63) is 0 Å². The maximum atomic E-state index is 12.7. The minimum absolute atomic E-state index is 0.101. The Hall–Kier alpha value is -0.770. The fourth-order valence-corrected chi connectivity index (χ4v) is 5.90. The van der Waals surface area contributed by atoms with Crippen LogP contribution in [-0.4, -0.2) is 29.4 Å². The normalized spacial score (nSPS) is 39.1. The molecule has 4 saturated carbocycles. The number of rotatable bonds is 5. The molecule has 0 heterocycles. The van der Waals surface area contributed by atoms with E-state index in [9.17, 15) is 9.59 Å². The Kier molecular flexibility index (Phi) is 4.17. The number of amides is 1. The second kappa shape index (κ2) is 5.70. The summed E-state index contributed by atoms with van der Waals surface area (Å²) < 4.78 is 5.09. The minimum atomic E-state index is -0.284. The predicted octanol–water partition coefficient (Wildman–Crippen LogP) is 3.02. The highest BCUT2D eigenvalue weighted by Gasteiger charge is 2.59. The number of ether oxygens (including phenoxy) is 1. The zero-order valence-corrected chi connectivity index (χ0v) is 14.2. The lowest BCUT2D eigenvalue weighted by Gasteiger charge is -2.59. The quantitative estimate of drug-likeness (QED) is 0.624. The molecule has 4 fully saturated rings. The molecule has 0 aromatic carbocycles. The summed E-state index contributed by atoms with van der Waals surface area (Å²) in [6.07, 6.45) is 6.25. The van der Waals surface area contributed by atoms with Crippen LogP contribution in [0.25, 0.3) is 0 Å². The molecular weight excluding hydrogens is 302 g/mol. The molecule has 0 aliphatic heterocycles. The first-order chi connectivity index (χ1) is 10.3. The van der Waals surface area contributed by atoms with Gasteiger partial charge >= 0.3 is 5.97 Å². The average Bonchev–Trinajstić information content (AvgIpc) is 2.34. The molecular formula is C17H26ClNO3. The van der Waals surface area contributed by atoms with Gasteiger partial charge in [-0.3, -0.25) is 9.59 Å². The van der Waals surface area contributed by atoms with E-state index >= 15 is 0 Å². The molecule has 4 bridgehead atoms. The molecule has 0 aromatic rings. The van der Waals surface area contributed by atoms with E-state index in [2.05, 4.69) is 5.32 Å². The van der Waals surface area contributed by atoms with Crippen LogP contribution in [0.3, 0.4) is 0 Å². The molecule has 0 unspecified atom stereocenters. The molecule has 4 aliphatic rings. The van der Waals surface area contributed by atoms with E-state index in [1.165, 1.54) is 6.42 Å². The fraction of sp³-hybridized carbons (Fsp3) is 0.882. The molecule has 0 saturated heterocycles. The molecule has 4 nitrogen and oxygen atoms in total. The molecule has 4 rings (SSSR count). The van der Waals surface area contributed by atoms with E-state index in [4.69, 9.17) is 16.3 Å². The first kappa shape index (κ1) is 16.1. The molecule has 4 aliphatic carbocycles. The van der Waals surface area contributed by atoms with E-state index in [-0.39, 0.29) is 34.7 Å². The van der Waals surface area contributed by atoms with Crippen LogP contribution in [0.5, 0.6) is 0 Å². The lowest BCUT2D eigenvalue weighted by Crippen LogP contribution is -2.58. The van der Waals surface area contributed by atoms with Crippen molar-refractivity contribution in [3.63, 3.8) is 0 Å². The lowest BCUT2D eigenvalue weighted by molar-refractivity contribution is -0.148. The Bertz CT molecular complexity index is 463. The zero-order valence-electron chi connectivity index (χ0n) is 13.5. The first-order valence-electron chi connectivity index (χ1n) is 8.47. The summed E-state index contributed by atoms with van der Waals surface area (Å²) >= 11 is 6.75. The third-order valence-electron chi connectivity index (χ3n) is 5.45. The van der Waals surface area contributed by atoms with Gasteiger partial charge in [-0.15, -0.1) is 11.6 Å². The average molecular weight is 328 g/mol. The number of carbonyl (C=O) groups excluding carboxylic acids is 2. The summed E-state index contributed by atoms with van der Waals surface area (Å²) in [5, 5.41) is 2.96.